The molecule has 112 valence electrons. The molecule has 1 N–H and O–H groups in total. The van der Waals surface area contributed by atoms with Crippen LogP contribution < -0.4 is 0 Å². The van der Waals surface area contributed by atoms with E-state index in [9.17, 15) is 4.79 Å². The zero-order valence-corrected chi connectivity index (χ0v) is 13.6. The highest BCUT2D eigenvalue weighted by Crippen LogP contribution is 2.29. The molecule has 1 aromatic heterocycles. The number of hydrogen-bond acceptors (Lipinski definition) is 3. The van der Waals surface area contributed by atoms with Crippen LogP contribution in [0.5, 0.6) is 0 Å². The van der Waals surface area contributed by atoms with E-state index in [0.717, 1.165) is 16.4 Å². The van der Waals surface area contributed by atoms with Crippen LogP contribution in [0.1, 0.15) is 32.0 Å². The molecule has 0 unspecified atom stereocenters. The highest BCUT2D eigenvalue weighted by molar-refractivity contribution is 7.99. The Morgan fingerprint density at radius 3 is 2.43 bits per heavy atom. The third kappa shape index (κ3) is 3.88. The molecule has 4 nitrogen and oxygen atoms in total. The molecule has 5 heteroatoms. The molecule has 0 spiro atoms. The lowest BCUT2D eigenvalue weighted by molar-refractivity contribution is -0.133. The van der Waals surface area contributed by atoms with Crippen LogP contribution >= 0.6 is 11.8 Å². The van der Waals surface area contributed by atoms with Crippen LogP contribution in [0.25, 0.3) is 5.69 Å². The van der Waals surface area contributed by atoms with Crippen LogP contribution in [0.15, 0.2) is 35.4 Å². The summed E-state index contributed by atoms with van der Waals surface area (Å²) in [7, 11) is 0. The van der Waals surface area contributed by atoms with E-state index in [1.807, 2.05) is 41.9 Å². The predicted octanol–water partition coefficient (Wildman–Crippen LogP) is 3.65. The van der Waals surface area contributed by atoms with Crippen molar-refractivity contribution in [2.45, 2.75) is 38.1 Å². The summed E-state index contributed by atoms with van der Waals surface area (Å²) in [5.74, 6) is -0.796. The summed E-state index contributed by atoms with van der Waals surface area (Å²) < 4.78 is 1.83. The van der Waals surface area contributed by atoms with Gasteiger partial charge in [0.2, 0.25) is 0 Å². The number of benzene rings is 1. The summed E-state index contributed by atoms with van der Waals surface area (Å²) in [4.78, 5) is 10.8. The highest BCUT2D eigenvalue weighted by Gasteiger charge is 2.21. The Kier molecular flexibility index (Phi) is 4.42. The van der Waals surface area contributed by atoms with Gasteiger partial charge < -0.3 is 5.11 Å². The molecule has 0 amide bonds. The molecule has 21 heavy (non-hydrogen) atoms. The van der Waals surface area contributed by atoms with Gasteiger partial charge >= 0.3 is 5.97 Å². The topological polar surface area (TPSA) is 55.1 Å². The van der Waals surface area contributed by atoms with E-state index >= 15 is 0 Å². The van der Waals surface area contributed by atoms with Crippen molar-refractivity contribution < 1.29 is 9.90 Å². The molecular formula is C16H20N2O2S. The average molecular weight is 304 g/mol. The minimum atomic E-state index is -0.825. The number of carboxylic acids is 1. The van der Waals surface area contributed by atoms with Gasteiger partial charge in [-0.3, -0.25) is 4.79 Å². The van der Waals surface area contributed by atoms with E-state index in [-0.39, 0.29) is 11.2 Å². The van der Waals surface area contributed by atoms with Gasteiger partial charge in [-0.15, -0.1) is 0 Å². The van der Waals surface area contributed by atoms with Crippen molar-refractivity contribution in [1.82, 2.24) is 9.78 Å². The van der Waals surface area contributed by atoms with Gasteiger partial charge in [0.05, 0.1) is 17.1 Å². The molecule has 0 aliphatic heterocycles. The fraction of sp³-hybridized carbons (Fsp3) is 0.375. The Morgan fingerprint density at radius 1 is 1.29 bits per heavy atom. The second-order valence-electron chi connectivity index (χ2n) is 6.05. The SMILES string of the molecule is Cc1ccc(-n2nc(C(C)(C)C)cc2SCC(=O)O)cc1. The number of carboxylic acid groups (broad SMARTS) is 1. The van der Waals surface area contributed by atoms with E-state index in [4.69, 9.17) is 5.11 Å². The van der Waals surface area contributed by atoms with Gasteiger partial charge in [0.1, 0.15) is 5.03 Å². The van der Waals surface area contributed by atoms with Crippen LogP contribution in [-0.4, -0.2) is 26.6 Å². The molecule has 0 atom stereocenters. The minimum Gasteiger partial charge on any atom is -0.481 e. The third-order valence-corrected chi connectivity index (χ3v) is 4.05. The van der Waals surface area contributed by atoms with Crippen LogP contribution in [-0.2, 0) is 10.2 Å². The molecule has 1 aromatic carbocycles. The predicted molar refractivity (Wildman–Crippen MR) is 85.4 cm³/mol. The molecule has 0 fully saturated rings. The first kappa shape index (κ1) is 15.6. The maximum Gasteiger partial charge on any atom is 0.313 e. The number of aromatic nitrogens is 2. The number of aliphatic carboxylic acids is 1. The van der Waals surface area contributed by atoms with Gasteiger partial charge in [0, 0.05) is 5.41 Å². The number of rotatable bonds is 4. The molecule has 1 heterocycles. The number of nitrogens with zero attached hydrogens (tertiary/aromatic N) is 2. The summed E-state index contributed by atoms with van der Waals surface area (Å²) in [5, 5.41) is 14.4. The Balaban J connectivity index is 2.43. The van der Waals surface area contributed by atoms with E-state index in [1.54, 1.807) is 0 Å². The van der Waals surface area contributed by atoms with E-state index < -0.39 is 5.97 Å². The van der Waals surface area contributed by atoms with Crippen molar-refractivity contribution in [3.63, 3.8) is 0 Å². The normalized spacial score (nSPS) is 11.6. The van der Waals surface area contributed by atoms with Crippen molar-refractivity contribution in [1.29, 1.82) is 0 Å². The second-order valence-corrected chi connectivity index (χ2v) is 7.04. The molecule has 0 saturated heterocycles. The number of carbonyl (C=O) groups is 1. The standard InChI is InChI=1S/C16H20N2O2S/c1-11-5-7-12(8-6-11)18-14(21-10-15(19)20)9-13(17-18)16(2,3)4/h5-9H,10H2,1-4H3,(H,19,20). The molecule has 2 rings (SSSR count). The molecule has 0 aliphatic carbocycles. The van der Waals surface area contributed by atoms with Crippen molar-refractivity contribution in [2.24, 2.45) is 0 Å². The molecular weight excluding hydrogens is 284 g/mol. The summed E-state index contributed by atoms with van der Waals surface area (Å²) >= 11 is 1.29. The second kappa shape index (κ2) is 5.93. The molecule has 0 bridgehead atoms. The van der Waals surface area contributed by atoms with Crippen LogP contribution in [0.4, 0.5) is 0 Å². The van der Waals surface area contributed by atoms with Gasteiger partial charge in [-0.25, -0.2) is 4.68 Å². The first-order valence-corrected chi connectivity index (χ1v) is 7.78. The van der Waals surface area contributed by atoms with Crippen LogP contribution in [0.2, 0.25) is 0 Å². The Labute approximate surface area is 129 Å². The lowest BCUT2D eigenvalue weighted by Gasteiger charge is -2.14. The fourth-order valence-corrected chi connectivity index (χ4v) is 2.57. The number of aryl methyl sites for hydroxylation is 1. The maximum absolute atomic E-state index is 10.8. The Morgan fingerprint density at radius 2 is 1.90 bits per heavy atom. The summed E-state index contributed by atoms with van der Waals surface area (Å²) in [6.07, 6.45) is 0. The molecule has 2 aromatic rings. The zero-order chi connectivity index (χ0) is 15.6. The van der Waals surface area contributed by atoms with Gasteiger partial charge in [-0.2, -0.15) is 5.10 Å². The van der Waals surface area contributed by atoms with Crippen molar-refractivity contribution >= 4 is 17.7 Å². The van der Waals surface area contributed by atoms with Gasteiger partial charge in [0.25, 0.3) is 0 Å². The van der Waals surface area contributed by atoms with Crippen molar-refractivity contribution in [3.05, 3.63) is 41.6 Å². The monoisotopic (exact) mass is 304 g/mol. The Bertz CT molecular complexity index is 639. The Hall–Kier alpha value is -1.75. The lowest BCUT2D eigenvalue weighted by Crippen LogP contribution is -2.12. The largest absolute Gasteiger partial charge is 0.481 e. The van der Waals surface area contributed by atoms with Crippen molar-refractivity contribution in [2.75, 3.05) is 5.75 Å². The van der Waals surface area contributed by atoms with Gasteiger partial charge in [-0.1, -0.05) is 50.2 Å². The van der Waals surface area contributed by atoms with Crippen LogP contribution in [0.3, 0.4) is 0 Å². The maximum atomic E-state index is 10.8. The number of thioether (sulfide) groups is 1. The quantitative estimate of drug-likeness (QED) is 0.876. The fourth-order valence-electron chi connectivity index (χ4n) is 1.84. The highest BCUT2D eigenvalue weighted by atomic mass is 32.2. The van der Waals surface area contributed by atoms with E-state index in [2.05, 4.69) is 25.9 Å². The summed E-state index contributed by atoms with van der Waals surface area (Å²) in [6, 6.07) is 10.0. The van der Waals surface area contributed by atoms with Crippen LogP contribution in [0, 0.1) is 6.92 Å². The summed E-state index contributed by atoms with van der Waals surface area (Å²) in [6.45, 7) is 8.33. The average Bonchev–Trinajstić information content (AvgIpc) is 2.81. The minimum absolute atomic E-state index is 0.0289. The molecule has 0 aliphatic rings. The van der Waals surface area contributed by atoms with Gasteiger partial charge in [0.15, 0.2) is 0 Å². The van der Waals surface area contributed by atoms with Crippen molar-refractivity contribution in [3.8, 4) is 5.69 Å². The summed E-state index contributed by atoms with van der Waals surface area (Å²) in [5.41, 5.74) is 3.01. The van der Waals surface area contributed by atoms with Gasteiger partial charge in [-0.05, 0) is 25.1 Å². The molecule has 0 saturated carbocycles. The van der Waals surface area contributed by atoms with E-state index in [0.29, 0.717) is 0 Å². The molecule has 0 radical (unpaired) electrons. The van der Waals surface area contributed by atoms with E-state index in [1.165, 1.54) is 17.3 Å². The first-order valence-electron chi connectivity index (χ1n) is 6.79. The lowest BCUT2D eigenvalue weighted by atomic mass is 9.93. The smallest absolute Gasteiger partial charge is 0.313 e. The third-order valence-electron chi connectivity index (χ3n) is 3.07. The number of hydrogen-bond donors (Lipinski definition) is 1. The first-order chi connectivity index (χ1) is 9.77. The zero-order valence-electron chi connectivity index (χ0n) is 12.8.